The first-order valence-electron chi connectivity index (χ1n) is 5.81. The lowest BCUT2D eigenvalue weighted by atomic mass is 9.85. The summed E-state index contributed by atoms with van der Waals surface area (Å²) in [5.74, 6) is 6.59. The second kappa shape index (κ2) is 5.41. The Balaban J connectivity index is 2.74. The van der Waals surface area contributed by atoms with E-state index in [1.807, 2.05) is 4.68 Å². The smallest absolute Gasteiger partial charge is 0.138 e. The van der Waals surface area contributed by atoms with Gasteiger partial charge in [-0.3, -0.25) is 16.0 Å². The maximum absolute atomic E-state index is 5.59. The lowest BCUT2D eigenvalue weighted by molar-refractivity contribution is 0.263. The highest BCUT2D eigenvalue weighted by Gasteiger charge is 2.25. The lowest BCUT2D eigenvalue weighted by Crippen LogP contribution is -2.46. The molecular weight excluding hydrogens is 202 g/mol. The van der Waals surface area contributed by atoms with Crippen molar-refractivity contribution in [1.82, 2.24) is 20.2 Å². The molecule has 0 fully saturated rings. The van der Waals surface area contributed by atoms with E-state index in [4.69, 9.17) is 5.84 Å². The van der Waals surface area contributed by atoms with E-state index in [2.05, 4.69) is 43.2 Å². The number of hydrazine groups is 1. The Kier molecular flexibility index (Phi) is 4.44. The molecule has 0 aliphatic carbocycles. The molecule has 92 valence electrons. The summed E-state index contributed by atoms with van der Waals surface area (Å²) in [6.07, 6.45) is 3.48. The van der Waals surface area contributed by atoms with Crippen LogP contribution in [0.1, 0.15) is 39.9 Å². The molecule has 1 rings (SSSR count). The van der Waals surface area contributed by atoms with Gasteiger partial charge in [0.05, 0.1) is 0 Å². The molecule has 0 aliphatic rings. The Morgan fingerprint density at radius 1 is 1.50 bits per heavy atom. The van der Waals surface area contributed by atoms with Crippen LogP contribution in [0.3, 0.4) is 0 Å². The summed E-state index contributed by atoms with van der Waals surface area (Å²) in [6.45, 7) is 9.54. The van der Waals surface area contributed by atoms with Crippen molar-refractivity contribution in [2.24, 2.45) is 11.3 Å². The van der Waals surface area contributed by atoms with Gasteiger partial charge in [0, 0.05) is 19.0 Å². The van der Waals surface area contributed by atoms with Gasteiger partial charge in [0.1, 0.15) is 12.2 Å². The van der Waals surface area contributed by atoms with Crippen LogP contribution in [0.4, 0.5) is 0 Å². The SMILES string of the molecule is CCCn1ncnc1CC(NN)C(C)(C)C. The molecule has 0 amide bonds. The summed E-state index contributed by atoms with van der Waals surface area (Å²) in [4.78, 5) is 4.29. The molecule has 16 heavy (non-hydrogen) atoms. The first-order valence-corrected chi connectivity index (χ1v) is 5.81. The van der Waals surface area contributed by atoms with Crippen molar-refractivity contribution >= 4 is 0 Å². The van der Waals surface area contributed by atoms with Crippen LogP contribution in [0, 0.1) is 5.41 Å². The molecule has 1 heterocycles. The summed E-state index contributed by atoms with van der Waals surface area (Å²) >= 11 is 0. The Bertz CT molecular complexity index is 312. The molecule has 0 bridgehead atoms. The Hall–Kier alpha value is -0.940. The summed E-state index contributed by atoms with van der Waals surface area (Å²) < 4.78 is 1.95. The van der Waals surface area contributed by atoms with Crippen LogP contribution in [-0.2, 0) is 13.0 Å². The van der Waals surface area contributed by atoms with Crippen molar-refractivity contribution in [1.29, 1.82) is 0 Å². The number of aromatic nitrogens is 3. The van der Waals surface area contributed by atoms with Crippen molar-refractivity contribution < 1.29 is 0 Å². The highest BCUT2D eigenvalue weighted by molar-refractivity contribution is 4.93. The van der Waals surface area contributed by atoms with Crippen LogP contribution >= 0.6 is 0 Å². The third kappa shape index (κ3) is 3.28. The first kappa shape index (κ1) is 13.1. The van der Waals surface area contributed by atoms with Gasteiger partial charge in [-0.1, -0.05) is 27.7 Å². The van der Waals surface area contributed by atoms with Crippen LogP contribution in [0.2, 0.25) is 0 Å². The Labute approximate surface area is 97.4 Å². The van der Waals surface area contributed by atoms with Gasteiger partial charge in [-0.15, -0.1) is 0 Å². The van der Waals surface area contributed by atoms with Crippen LogP contribution in [-0.4, -0.2) is 20.8 Å². The Morgan fingerprint density at radius 2 is 2.19 bits per heavy atom. The average Bonchev–Trinajstić information content (AvgIpc) is 2.60. The van der Waals surface area contributed by atoms with E-state index < -0.39 is 0 Å². The van der Waals surface area contributed by atoms with Gasteiger partial charge in [-0.2, -0.15) is 5.10 Å². The molecule has 1 unspecified atom stereocenters. The zero-order valence-corrected chi connectivity index (χ0v) is 10.7. The number of hydrogen-bond acceptors (Lipinski definition) is 4. The summed E-state index contributed by atoms with van der Waals surface area (Å²) in [5, 5.41) is 4.21. The Morgan fingerprint density at radius 3 is 2.69 bits per heavy atom. The molecule has 0 saturated carbocycles. The molecule has 1 aromatic heterocycles. The van der Waals surface area contributed by atoms with Crippen molar-refractivity contribution in [3.8, 4) is 0 Å². The third-order valence-electron chi connectivity index (χ3n) is 2.76. The highest BCUT2D eigenvalue weighted by Crippen LogP contribution is 2.21. The molecule has 5 heteroatoms. The van der Waals surface area contributed by atoms with Crippen molar-refractivity contribution in [3.63, 3.8) is 0 Å². The fourth-order valence-electron chi connectivity index (χ4n) is 1.64. The molecule has 0 aromatic carbocycles. The third-order valence-corrected chi connectivity index (χ3v) is 2.76. The maximum atomic E-state index is 5.59. The minimum Gasteiger partial charge on any atom is -0.271 e. The number of hydrogen-bond donors (Lipinski definition) is 2. The van der Waals surface area contributed by atoms with E-state index in [-0.39, 0.29) is 11.5 Å². The second-order valence-electron chi connectivity index (χ2n) is 5.19. The molecule has 3 N–H and O–H groups in total. The van der Waals surface area contributed by atoms with E-state index in [1.54, 1.807) is 6.33 Å². The molecule has 1 atom stereocenters. The van der Waals surface area contributed by atoms with Crippen LogP contribution in [0.25, 0.3) is 0 Å². The molecule has 0 radical (unpaired) electrons. The number of aryl methyl sites for hydroxylation is 1. The maximum Gasteiger partial charge on any atom is 0.138 e. The molecule has 5 nitrogen and oxygen atoms in total. The van der Waals surface area contributed by atoms with E-state index in [9.17, 15) is 0 Å². The zero-order valence-electron chi connectivity index (χ0n) is 10.7. The molecule has 0 saturated heterocycles. The van der Waals surface area contributed by atoms with Crippen LogP contribution in [0.15, 0.2) is 6.33 Å². The van der Waals surface area contributed by atoms with Gasteiger partial charge >= 0.3 is 0 Å². The monoisotopic (exact) mass is 225 g/mol. The van der Waals surface area contributed by atoms with E-state index in [1.165, 1.54) is 0 Å². The standard InChI is InChI=1S/C11H23N5/c1-5-6-16-10(13-8-14-16)7-9(15-12)11(2,3)4/h8-9,15H,5-7,12H2,1-4H3. The highest BCUT2D eigenvalue weighted by atomic mass is 15.3. The second-order valence-corrected chi connectivity index (χ2v) is 5.19. The first-order chi connectivity index (χ1) is 7.49. The minimum absolute atomic E-state index is 0.109. The van der Waals surface area contributed by atoms with Gasteiger partial charge in [0.2, 0.25) is 0 Å². The molecule has 1 aromatic rings. The van der Waals surface area contributed by atoms with Gasteiger partial charge < -0.3 is 0 Å². The van der Waals surface area contributed by atoms with Gasteiger partial charge in [0.25, 0.3) is 0 Å². The summed E-state index contributed by atoms with van der Waals surface area (Å²) in [5.41, 5.74) is 2.98. The van der Waals surface area contributed by atoms with E-state index in [0.717, 1.165) is 25.2 Å². The summed E-state index contributed by atoms with van der Waals surface area (Å²) in [7, 11) is 0. The zero-order chi connectivity index (χ0) is 12.2. The average molecular weight is 225 g/mol. The minimum atomic E-state index is 0.109. The predicted molar refractivity (Wildman–Crippen MR) is 64.6 cm³/mol. The topological polar surface area (TPSA) is 68.8 Å². The number of nitrogens with one attached hydrogen (secondary N) is 1. The van der Waals surface area contributed by atoms with Crippen LogP contribution < -0.4 is 11.3 Å². The number of rotatable bonds is 5. The van der Waals surface area contributed by atoms with Gasteiger partial charge in [0.15, 0.2) is 0 Å². The van der Waals surface area contributed by atoms with Crippen molar-refractivity contribution in [3.05, 3.63) is 12.2 Å². The molecule has 0 spiro atoms. The molecular formula is C11H23N5. The normalized spacial score (nSPS) is 14.1. The van der Waals surface area contributed by atoms with Crippen molar-refractivity contribution in [2.75, 3.05) is 0 Å². The largest absolute Gasteiger partial charge is 0.271 e. The van der Waals surface area contributed by atoms with Gasteiger partial charge in [-0.05, 0) is 11.8 Å². The number of nitrogens with zero attached hydrogens (tertiary/aromatic N) is 3. The fourth-order valence-corrected chi connectivity index (χ4v) is 1.64. The quantitative estimate of drug-likeness (QED) is 0.582. The number of nitrogens with two attached hydrogens (primary N) is 1. The van der Waals surface area contributed by atoms with E-state index in [0.29, 0.717) is 0 Å². The van der Waals surface area contributed by atoms with Crippen molar-refractivity contribution in [2.45, 2.75) is 53.1 Å². The van der Waals surface area contributed by atoms with Gasteiger partial charge in [-0.25, -0.2) is 4.98 Å². The van der Waals surface area contributed by atoms with Crippen LogP contribution in [0.5, 0.6) is 0 Å². The summed E-state index contributed by atoms with van der Waals surface area (Å²) in [6, 6.07) is 0.201. The predicted octanol–water partition coefficient (Wildman–Crippen LogP) is 1.11. The molecule has 0 aliphatic heterocycles. The van der Waals surface area contributed by atoms with E-state index >= 15 is 0 Å². The fraction of sp³-hybridized carbons (Fsp3) is 0.818. The lowest BCUT2D eigenvalue weighted by Gasteiger charge is -2.29.